The summed E-state index contributed by atoms with van der Waals surface area (Å²) in [5.41, 5.74) is 0.634. The second kappa shape index (κ2) is 9.94. The molecular formula is C33H28FN3O6. The zero-order chi connectivity index (χ0) is 30.8. The Kier molecular flexibility index (Phi) is 6.45. The molecule has 2 heterocycles. The van der Waals surface area contributed by atoms with Gasteiger partial charge in [-0.25, -0.2) is 9.37 Å². The third-order valence-electron chi connectivity index (χ3n) is 8.26. The number of Topliss-reactive ketones (excluding diaryl/α,β-unsaturated/α-hetero) is 2. The fourth-order valence-corrected chi connectivity index (χ4v) is 5.94. The second-order valence-electron chi connectivity index (χ2n) is 11.0. The van der Waals surface area contributed by atoms with Crippen LogP contribution in [0.3, 0.4) is 0 Å². The standard InChI is InChI=1S/C33H28FN3O6/c1-15-29(40)27(17(3)38)31-28(30(15)41)33(4)24(43-31)14-23(39)26(32(33)42)16(2)35-22(18-9-11-19(34)12-10-18)13-25-36-20-7-5-6-8-21(20)37-25/h5-12,14,22,35,40-41H,13H2,1-4H3,(H,36,37)/b26-16+/t22-,33-/m0/s1. The molecule has 0 saturated carbocycles. The number of carbonyl (C=O) groups excluding carboxylic acids is 3. The topological polar surface area (TPSA) is 142 Å². The molecule has 0 amide bonds. The highest BCUT2D eigenvalue weighted by atomic mass is 19.1. The van der Waals surface area contributed by atoms with E-state index in [9.17, 15) is 29.0 Å². The van der Waals surface area contributed by atoms with Crippen molar-refractivity contribution < 1.29 is 33.7 Å². The van der Waals surface area contributed by atoms with E-state index >= 15 is 0 Å². The number of phenolic OH excluding ortho intramolecular Hbond substituents is 2. The van der Waals surface area contributed by atoms with Crippen molar-refractivity contribution in [3.8, 4) is 17.2 Å². The van der Waals surface area contributed by atoms with Gasteiger partial charge in [0.2, 0.25) is 0 Å². The third-order valence-corrected chi connectivity index (χ3v) is 8.26. The van der Waals surface area contributed by atoms with Gasteiger partial charge in [-0.05, 0) is 57.5 Å². The largest absolute Gasteiger partial charge is 0.507 e. The van der Waals surface area contributed by atoms with Crippen molar-refractivity contribution in [1.29, 1.82) is 0 Å². The molecule has 0 bridgehead atoms. The van der Waals surface area contributed by atoms with Gasteiger partial charge in [-0.2, -0.15) is 0 Å². The average Bonchev–Trinajstić information content (AvgIpc) is 3.50. The molecule has 10 heteroatoms. The maximum absolute atomic E-state index is 14.2. The number of nitrogens with zero attached hydrogens (tertiary/aromatic N) is 1. The van der Waals surface area contributed by atoms with E-state index in [1.54, 1.807) is 19.1 Å². The Labute approximate surface area is 245 Å². The first-order valence-electron chi connectivity index (χ1n) is 13.7. The minimum Gasteiger partial charge on any atom is -0.507 e. The Morgan fingerprint density at radius 2 is 1.79 bits per heavy atom. The number of para-hydroxylation sites is 2. The number of hydrogen-bond acceptors (Lipinski definition) is 8. The normalized spacial score (nSPS) is 19.4. The van der Waals surface area contributed by atoms with E-state index in [0.717, 1.165) is 11.0 Å². The molecule has 43 heavy (non-hydrogen) atoms. The Balaban J connectivity index is 1.44. The lowest BCUT2D eigenvalue weighted by Gasteiger charge is -2.30. The van der Waals surface area contributed by atoms with Crippen molar-refractivity contribution in [3.63, 3.8) is 0 Å². The van der Waals surface area contributed by atoms with Crippen molar-refractivity contribution in [2.75, 3.05) is 0 Å². The number of aromatic hydroxyl groups is 2. The fourth-order valence-electron chi connectivity index (χ4n) is 5.94. The number of benzene rings is 3. The van der Waals surface area contributed by atoms with Crippen molar-refractivity contribution in [2.24, 2.45) is 0 Å². The molecule has 1 aliphatic carbocycles. The van der Waals surface area contributed by atoms with E-state index < -0.39 is 46.1 Å². The van der Waals surface area contributed by atoms with Crippen LogP contribution in [-0.2, 0) is 21.4 Å². The lowest BCUT2D eigenvalue weighted by atomic mass is 9.70. The number of carbonyl (C=O) groups is 3. The minimum absolute atomic E-state index is 0.0133. The fraction of sp³-hybridized carbons (Fsp3) is 0.212. The van der Waals surface area contributed by atoms with E-state index in [2.05, 4.69) is 15.3 Å². The van der Waals surface area contributed by atoms with Gasteiger partial charge in [0.1, 0.15) is 45.6 Å². The number of halogens is 1. The van der Waals surface area contributed by atoms with Gasteiger partial charge in [0.25, 0.3) is 0 Å². The van der Waals surface area contributed by atoms with Crippen LogP contribution in [0, 0.1) is 12.7 Å². The SMILES string of the molecule is CC(=O)c1c(O)c(C)c(O)c2c1OC1=CC(=O)/C(=C(/C)N[C@@H](Cc3nc4ccccc4[nH]3)c3ccc(F)cc3)C(=O)[C@@]12C. The number of ether oxygens (including phenoxy) is 1. The summed E-state index contributed by atoms with van der Waals surface area (Å²) in [6.07, 6.45) is 1.49. The molecular weight excluding hydrogens is 553 g/mol. The Morgan fingerprint density at radius 1 is 1.09 bits per heavy atom. The molecule has 4 aromatic rings. The summed E-state index contributed by atoms with van der Waals surface area (Å²) in [5, 5.41) is 25.0. The third kappa shape index (κ3) is 4.29. The summed E-state index contributed by atoms with van der Waals surface area (Å²) in [7, 11) is 0. The maximum Gasteiger partial charge on any atom is 0.194 e. The van der Waals surface area contributed by atoms with Gasteiger partial charge >= 0.3 is 0 Å². The zero-order valence-corrected chi connectivity index (χ0v) is 23.8. The minimum atomic E-state index is -1.64. The monoisotopic (exact) mass is 581 g/mol. The molecule has 0 radical (unpaired) electrons. The molecule has 2 aliphatic rings. The van der Waals surface area contributed by atoms with E-state index in [1.165, 1.54) is 39.0 Å². The average molecular weight is 582 g/mol. The number of aromatic amines is 1. The summed E-state index contributed by atoms with van der Waals surface area (Å²) >= 11 is 0. The van der Waals surface area contributed by atoms with E-state index in [4.69, 9.17) is 4.74 Å². The number of fused-ring (bicyclic) bond motifs is 4. The second-order valence-corrected chi connectivity index (χ2v) is 11.0. The van der Waals surface area contributed by atoms with Gasteiger partial charge in [-0.1, -0.05) is 24.3 Å². The van der Waals surface area contributed by atoms with Crippen molar-refractivity contribution in [3.05, 3.63) is 106 Å². The molecule has 0 fully saturated rings. The van der Waals surface area contributed by atoms with Crippen molar-refractivity contribution in [2.45, 2.75) is 45.6 Å². The molecule has 0 unspecified atom stereocenters. The predicted octanol–water partition coefficient (Wildman–Crippen LogP) is 5.16. The van der Waals surface area contributed by atoms with E-state index in [1.807, 2.05) is 24.3 Å². The van der Waals surface area contributed by atoms with E-state index in [0.29, 0.717) is 17.8 Å². The van der Waals surface area contributed by atoms with Crippen LogP contribution in [0.15, 0.2) is 71.6 Å². The van der Waals surface area contributed by atoms with Gasteiger partial charge in [0, 0.05) is 23.8 Å². The van der Waals surface area contributed by atoms with Crippen LogP contribution in [0.5, 0.6) is 17.2 Å². The Morgan fingerprint density at radius 3 is 2.47 bits per heavy atom. The number of imidazole rings is 1. The summed E-state index contributed by atoms with van der Waals surface area (Å²) in [5.74, 6) is -2.60. The first-order chi connectivity index (χ1) is 20.4. The smallest absolute Gasteiger partial charge is 0.194 e. The molecule has 4 N–H and O–H groups in total. The highest BCUT2D eigenvalue weighted by molar-refractivity contribution is 6.31. The predicted molar refractivity (Wildman–Crippen MR) is 155 cm³/mol. The van der Waals surface area contributed by atoms with Crippen LogP contribution in [0.4, 0.5) is 4.39 Å². The highest BCUT2D eigenvalue weighted by Crippen LogP contribution is 2.57. The van der Waals surface area contributed by atoms with Crippen LogP contribution in [0.2, 0.25) is 0 Å². The molecule has 1 aliphatic heterocycles. The number of hydrogen-bond donors (Lipinski definition) is 4. The number of allylic oxidation sites excluding steroid dienone is 4. The maximum atomic E-state index is 14.2. The lowest BCUT2D eigenvalue weighted by Crippen LogP contribution is -2.41. The van der Waals surface area contributed by atoms with E-state index in [-0.39, 0.29) is 39.5 Å². The quantitative estimate of drug-likeness (QED) is 0.139. The summed E-state index contributed by atoms with van der Waals surface area (Å²) < 4.78 is 19.7. The molecule has 9 nitrogen and oxygen atoms in total. The van der Waals surface area contributed by atoms with Gasteiger partial charge in [0.05, 0.1) is 28.2 Å². The summed E-state index contributed by atoms with van der Waals surface area (Å²) in [4.78, 5) is 48.1. The number of nitrogens with one attached hydrogen (secondary N) is 2. The van der Waals surface area contributed by atoms with Gasteiger partial charge < -0.3 is 25.3 Å². The molecule has 218 valence electrons. The highest BCUT2D eigenvalue weighted by Gasteiger charge is 2.56. The van der Waals surface area contributed by atoms with Gasteiger partial charge in [-0.3, -0.25) is 14.4 Å². The Hall–Kier alpha value is -5.25. The number of rotatable bonds is 6. The van der Waals surface area contributed by atoms with Crippen molar-refractivity contribution in [1.82, 2.24) is 15.3 Å². The molecule has 0 spiro atoms. The molecule has 1 aromatic heterocycles. The lowest BCUT2D eigenvalue weighted by molar-refractivity contribution is -0.123. The molecule has 6 rings (SSSR count). The van der Waals surface area contributed by atoms with Crippen molar-refractivity contribution >= 4 is 28.4 Å². The number of phenols is 2. The van der Waals surface area contributed by atoms with Gasteiger partial charge in [0.15, 0.2) is 17.3 Å². The summed E-state index contributed by atoms with van der Waals surface area (Å²) in [6, 6.07) is 12.9. The molecule has 3 aromatic carbocycles. The van der Waals surface area contributed by atoms with Crippen LogP contribution in [0.25, 0.3) is 11.0 Å². The Bertz CT molecular complexity index is 1910. The first kappa shape index (κ1) is 27.9. The number of aromatic nitrogens is 2. The zero-order valence-electron chi connectivity index (χ0n) is 23.8. The number of ketones is 3. The van der Waals surface area contributed by atoms with Crippen LogP contribution < -0.4 is 10.1 Å². The molecule has 2 atom stereocenters. The summed E-state index contributed by atoms with van der Waals surface area (Å²) in [6.45, 7) is 5.77. The van der Waals surface area contributed by atoms with Gasteiger partial charge in [-0.15, -0.1) is 0 Å². The number of H-pyrrole nitrogens is 1. The van der Waals surface area contributed by atoms with Crippen LogP contribution in [0.1, 0.15) is 59.7 Å². The van der Waals surface area contributed by atoms with Crippen LogP contribution in [-0.4, -0.2) is 37.5 Å². The molecule has 0 saturated heterocycles. The first-order valence-corrected chi connectivity index (χ1v) is 13.7. The van der Waals surface area contributed by atoms with Crippen LogP contribution >= 0.6 is 0 Å².